The molecule has 6 heteroatoms. The number of aliphatic hydroxyl groups excluding tert-OH is 2. The lowest BCUT2D eigenvalue weighted by atomic mass is 9.80. The van der Waals surface area contributed by atoms with Crippen LogP contribution in [-0.2, 0) is 17.6 Å². The van der Waals surface area contributed by atoms with Gasteiger partial charge in [0.2, 0.25) is 0 Å². The van der Waals surface area contributed by atoms with Crippen LogP contribution in [0.15, 0.2) is 96.5 Å². The molecule has 6 nitrogen and oxygen atoms in total. The van der Waals surface area contributed by atoms with Crippen LogP contribution >= 0.6 is 0 Å². The minimum Gasteiger partial charge on any atom is -0.507 e. The number of carbonyl (C=O) groups is 1. The molecular weight excluding hydrogens is 450 g/mol. The van der Waals surface area contributed by atoms with E-state index in [9.17, 15) is 20.3 Å². The van der Waals surface area contributed by atoms with E-state index in [1.165, 1.54) is 28.3 Å². The van der Waals surface area contributed by atoms with E-state index in [2.05, 4.69) is 42.5 Å². The van der Waals surface area contributed by atoms with E-state index >= 15 is 0 Å². The molecular formula is C30H25N3O3. The van der Waals surface area contributed by atoms with Gasteiger partial charge in [-0.15, -0.1) is 0 Å². The van der Waals surface area contributed by atoms with Crippen molar-refractivity contribution in [1.29, 1.82) is 5.26 Å². The van der Waals surface area contributed by atoms with E-state index in [0.717, 1.165) is 12.8 Å². The van der Waals surface area contributed by atoms with Crippen LogP contribution in [0.3, 0.4) is 0 Å². The van der Waals surface area contributed by atoms with Crippen molar-refractivity contribution in [2.24, 2.45) is 0 Å². The van der Waals surface area contributed by atoms with Crippen molar-refractivity contribution in [3.8, 4) is 6.07 Å². The maximum atomic E-state index is 13.7. The molecule has 0 aromatic heterocycles. The normalized spacial score (nSPS) is 21.4. The first kappa shape index (κ1) is 22.1. The molecule has 3 aliphatic rings. The summed E-state index contributed by atoms with van der Waals surface area (Å²) in [4.78, 5) is 17.2. The molecule has 2 aliphatic heterocycles. The molecule has 178 valence electrons. The van der Waals surface area contributed by atoms with Crippen LogP contribution < -0.4 is 4.90 Å². The summed E-state index contributed by atoms with van der Waals surface area (Å²) in [5.41, 5.74) is 6.04. The van der Waals surface area contributed by atoms with E-state index < -0.39 is 12.0 Å². The molecule has 1 fully saturated rings. The Morgan fingerprint density at radius 1 is 0.917 bits per heavy atom. The zero-order valence-electron chi connectivity index (χ0n) is 19.6. The molecule has 1 aliphatic carbocycles. The van der Waals surface area contributed by atoms with Crippen molar-refractivity contribution in [2.75, 3.05) is 11.4 Å². The Balaban J connectivity index is 1.56. The predicted octanol–water partition coefficient (Wildman–Crippen LogP) is 4.16. The van der Waals surface area contributed by atoms with Gasteiger partial charge in [-0.25, -0.2) is 0 Å². The predicted molar refractivity (Wildman–Crippen MR) is 136 cm³/mol. The first-order valence-electron chi connectivity index (χ1n) is 12.1. The SMILES string of the molecule is N#Cc1cccc(N2CC(C3c4ccccc4CCc4ccccc43)N3C=CC(O)C(O)=C3C2=O)c1. The van der Waals surface area contributed by atoms with E-state index in [1.54, 1.807) is 35.4 Å². The summed E-state index contributed by atoms with van der Waals surface area (Å²) in [6, 6.07) is 25.7. The number of aliphatic hydroxyl groups is 2. The second-order valence-corrected chi connectivity index (χ2v) is 9.45. The minimum atomic E-state index is -1.25. The lowest BCUT2D eigenvalue weighted by Gasteiger charge is -2.47. The lowest BCUT2D eigenvalue weighted by molar-refractivity contribution is -0.118. The fraction of sp³-hybridized carbons (Fsp3) is 0.200. The van der Waals surface area contributed by atoms with Crippen LogP contribution in [0.2, 0.25) is 0 Å². The molecule has 2 heterocycles. The molecule has 0 bridgehead atoms. The number of rotatable bonds is 2. The van der Waals surface area contributed by atoms with Crippen LogP contribution in [0.1, 0.15) is 33.7 Å². The number of anilines is 1. The van der Waals surface area contributed by atoms with Gasteiger partial charge in [-0.2, -0.15) is 5.26 Å². The van der Waals surface area contributed by atoms with Crippen LogP contribution in [-0.4, -0.2) is 39.7 Å². The quantitative estimate of drug-likeness (QED) is 0.581. The summed E-state index contributed by atoms with van der Waals surface area (Å²) in [5.74, 6) is -0.849. The van der Waals surface area contributed by atoms with E-state index in [0.29, 0.717) is 17.8 Å². The third-order valence-electron chi connectivity index (χ3n) is 7.50. The maximum Gasteiger partial charge on any atom is 0.278 e. The highest BCUT2D eigenvalue weighted by Gasteiger charge is 2.45. The van der Waals surface area contributed by atoms with Gasteiger partial charge in [0.15, 0.2) is 5.76 Å². The third kappa shape index (κ3) is 3.48. The number of hydrogen-bond donors (Lipinski definition) is 2. The van der Waals surface area contributed by atoms with E-state index in [-0.39, 0.29) is 23.4 Å². The average Bonchev–Trinajstić information content (AvgIpc) is 3.08. The van der Waals surface area contributed by atoms with Gasteiger partial charge in [-0.05, 0) is 59.4 Å². The molecule has 2 N–H and O–H groups in total. The maximum absolute atomic E-state index is 13.7. The van der Waals surface area contributed by atoms with Crippen molar-refractivity contribution in [3.63, 3.8) is 0 Å². The Labute approximate surface area is 209 Å². The first-order valence-corrected chi connectivity index (χ1v) is 12.1. The zero-order valence-corrected chi connectivity index (χ0v) is 19.6. The topological polar surface area (TPSA) is 87.8 Å². The van der Waals surface area contributed by atoms with Gasteiger partial charge < -0.3 is 20.0 Å². The molecule has 36 heavy (non-hydrogen) atoms. The Bertz CT molecular complexity index is 1420. The van der Waals surface area contributed by atoms with Gasteiger partial charge in [-0.1, -0.05) is 54.6 Å². The van der Waals surface area contributed by atoms with Gasteiger partial charge in [-0.3, -0.25) is 4.79 Å². The molecule has 6 rings (SSSR count). The van der Waals surface area contributed by atoms with E-state index in [4.69, 9.17) is 0 Å². The molecule has 2 unspecified atom stereocenters. The zero-order chi connectivity index (χ0) is 24.8. The monoisotopic (exact) mass is 475 g/mol. The van der Waals surface area contributed by atoms with Crippen LogP contribution in [0.25, 0.3) is 0 Å². The standard InChI is InChI=1S/C30H25N3O3/c31-17-19-6-5-9-22(16-19)33-18-25(32-15-14-26(34)29(35)28(32)30(33)36)27-23-10-3-1-7-20(23)12-13-21-8-2-4-11-24(21)27/h1-11,14-16,25-27,34-35H,12-13,18H2. The number of piperazine rings is 1. The summed E-state index contributed by atoms with van der Waals surface area (Å²) in [6.45, 7) is 0.346. The summed E-state index contributed by atoms with van der Waals surface area (Å²) in [5, 5.41) is 30.7. The van der Waals surface area contributed by atoms with Crippen molar-refractivity contribution in [3.05, 3.63) is 124 Å². The number of amides is 1. The molecule has 0 radical (unpaired) electrons. The average molecular weight is 476 g/mol. The fourth-order valence-corrected chi connectivity index (χ4v) is 5.81. The number of aryl methyl sites for hydroxylation is 2. The Kier molecular flexibility index (Phi) is 5.36. The minimum absolute atomic E-state index is 0.0721. The van der Waals surface area contributed by atoms with Crippen molar-refractivity contribution in [1.82, 2.24) is 4.90 Å². The van der Waals surface area contributed by atoms with Crippen LogP contribution in [0.5, 0.6) is 0 Å². The van der Waals surface area contributed by atoms with Gasteiger partial charge >= 0.3 is 0 Å². The number of nitriles is 1. The molecule has 2 atom stereocenters. The second-order valence-electron chi connectivity index (χ2n) is 9.45. The number of fused-ring (bicyclic) bond motifs is 3. The highest BCUT2D eigenvalue weighted by Crippen LogP contribution is 2.43. The number of hydrogen-bond acceptors (Lipinski definition) is 5. The second kappa shape index (κ2) is 8.71. The molecule has 3 aromatic rings. The van der Waals surface area contributed by atoms with Crippen LogP contribution in [0, 0.1) is 11.3 Å². The number of nitrogens with zero attached hydrogens (tertiary/aromatic N) is 3. The molecule has 0 saturated carbocycles. The molecule has 1 saturated heterocycles. The highest BCUT2D eigenvalue weighted by atomic mass is 16.3. The fourth-order valence-electron chi connectivity index (χ4n) is 5.81. The van der Waals surface area contributed by atoms with Crippen molar-refractivity contribution in [2.45, 2.75) is 30.9 Å². The van der Waals surface area contributed by atoms with Gasteiger partial charge in [0.25, 0.3) is 5.91 Å². The Morgan fingerprint density at radius 2 is 1.58 bits per heavy atom. The summed E-state index contributed by atoms with van der Waals surface area (Å²) in [7, 11) is 0. The van der Waals surface area contributed by atoms with Gasteiger partial charge in [0, 0.05) is 24.4 Å². The van der Waals surface area contributed by atoms with Gasteiger partial charge in [0.05, 0.1) is 17.7 Å². The number of carbonyl (C=O) groups excluding carboxylic acids is 1. The molecule has 1 amide bonds. The van der Waals surface area contributed by atoms with Crippen LogP contribution in [0.4, 0.5) is 5.69 Å². The van der Waals surface area contributed by atoms with Crippen molar-refractivity contribution < 1.29 is 15.0 Å². The summed E-state index contributed by atoms with van der Waals surface area (Å²) < 4.78 is 0. The summed E-state index contributed by atoms with van der Waals surface area (Å²) in [6.07, 6.45) is 3.83. The number of benzene rings is 3. The smallest absolute Gasteiger partial charge is 0.278 e. The van der Waals surface area contributed by atoms with Gasteiger partial charge in [0.1, 0.15) is 11.8 Å². The lowest BCUT2D eigenvalue weighted by Crippen LogP contribution is -2.57. The highest BCUT2D eigenvalue weighted by molar-refractivity contribution is 6.07. The molecule has 0 spiro atoms. The Hall–Kier alpha value is -4.34. The van der Waals surface area contributed by atoms with E-state index in [1.807, 2.05) is 17.0 Å². The summed E-state index contributed by atoms with van der Waals surface area (Å²) >= 11 is 0. The Morgan fingerprint density at radius 3 is 2.25 bits per heavy atom. The van der Waals surface area contributed by atoms with Crippen molar-refractivity contribution >= 4 is 11.6 Å². The third-order valence-corrected chi connectivity index (χ3v) is 7.50. The molecule has 3 aromatic carbocycles. The first-order chi connectivity index (χ1) is 17.6. The largest absolute Gasteiger partial charge is 0.507 e.